The second-order valence-electron chi connectivity index (χ2n) is 6.41. The lowest BCUT2D eigenvalue weighted by atomic mass is 9.50. The van der Waals surface area contributed by atoms with Crippen molar-refractivity contribution >= 4 is 5.78 Å². The third-order valence-corrected chi connectivity index (χ3v) is 5.81. The second kappa shape index (κ2) is 4.08. The van der Waals surface area contributed by atoms with Crippen LogP contribution in [0.25, 0.3) is 0 Å². The molecule has 0 heterocycles. The van der Waals surface area contributed by atoms with Crippen LogP contribution < -0.4 is 0 Å². The summed E-state index contributed by atoms with van der Waals surface area (Å²) in [5.41, 5.74) is -0.632. The van der Waals surface area contributed by atoms with E-state index in [1.54, 1.807) is 0 Å². The number of ketones is 1. The Labute approximate surface area is 104 Å². The Morgan fingerprint density at radius 2 is 2.06 bits per heavy atom. The quantitative estimate of drug-likeness (QED) is 0.760. The van der Waals surface area contributed by atoms with Gasteiger partial charge in [0.15, 0.2) is 0 Å². The van der Waals surface area contributed by atoms with Crippen LogP contribution in [0.1, 0.15) is 58.3 Å². The minimum Gasteiger partial charge on any atom is -0.389 e. The van der Waals surface area contributed by atoms with Gasteiger partial charge in [0.2, 0.25) is 0 Å². The van der Waals surface area contributed by atoms with Crippen LogP contribution in [0.5, 0.6) is 0 Å². The Morgan fingerprint density at radius 3 is 2.82 bits per heavy atom. The van der Waals surface area contributed by atoms with Crippen LogP contribution in [-0.2, 0) is 4.79 Å². The second-order valence-corrected chi connectivity index (χ2v) is 6.41. The average Bonchev–Trinajstić information content (AvgIpc) is 2.32. The summed E-state index contributed by atoms with van der Waals surface area (Å²) in [7, 11) is 0. The largest absolute Gasteiger partial charge is 0.389 e. The van der Waals surface area contributed by atoms with E-state index in [4.69, 9.17) is 0 Å². The van der Waals surface area contributed by atoms with Crippen molar-refractivity contribution in [1.29, 1.82) is 0 Å². The molecule has 0 unspecified atom stereocenters. The van der Waals surface area contributed by atoms with Gasteiger partial charge in [-0.3, -0.25) is 4.79 Å². The maximum absolute atomic E-state index is 12.5. The minimum absolute atomic E-state index is 0.0191. The molecule has 0 aromatic heterocycles. The minimum atomic E-state index is -0.632. The van der Waals surface area contributed by atoms with Gasteiger partial charge in [0, 0.05) is 11.8 Å². The van der Waals surface area contributed by atoms with Crippen molar-refractivity contribution in [2.45, 2.75) is 63.9 Å². The zero-order valence-electron chi connectivity index (χ0n) is 10.8. The van der Waals surface area contributed by atoms with Gasteiger partial charge in [-0.15, -0.1) is 0 Å². The molecule has 17 heavy (non-hydrogen) atoms. The molecule has 3 fully saturated rings. The van der Waals surface area contributed by atoms with Gasteiger partial charge in [-0.25, -0.2) is 0 Å². The van der Waals surface area contributed by atoms with E-state index in [2.05, 4.69) is 6.92 Å². The molecule has 3 aliphatic rings. The summed E-state index contributed by atoms with van der Waals surface area (Å²) in [5.74, 6) is 1.54. The topological polar surface area (TPSA) is 37.3 Å². The van der Waals surface area contributed by atoms with Crippen LogP contribution in [0.2, 0.25) is 0 Å². The summed E-state index contributed by atoms with van der Waals surface area (Å²) in [6, 6.07) is 0. The molecule has 0 spiro atoms. The van der Waals surface area contributed by atoms with Crippen molar-refractivity contribution < 1.29 is 9.90 Å². The molecule has 0 amide bonds. The predicted octanol–water partition coefficient (Wildman–Crippen LogP) is 2.93. The van der Waals surface area contributed by atoms with E-state index in [1.165, 1.54) is 6.42 Å². The first kappa shape index (κ1) is 11.7. The van der Waals surface area contributed by atoms with Crippen molar-refractivity contribution in [3.8, 4) is 0 Å². The number of aliphatic hydroxyl groups is 1. The molecule has 2 nitrogen and oxygen atoms in total. The van der Waals surface area contributed by atoms with Crippen LogP contribution in [0, 0.1) is 23.7 Å². The highest BCUT2D eigenvalue weighted by molar-refractivity contribution is 5.86. The summed E-state index contributed by atoms with van der Waals surface area (Å²) in [4.78, 5) is 12.5. The Bertz CT molecular complexity index is 325. The molecule has 5 atom stereocenters. The molecule has 0 aliphatic heterocycles. The van der Waals surface area contributed by atoms with E-state index in [-0.39, 0.29) is 11.8 Å². The lowest BCUT2D eigenvalue weighted by Crippen LogP contribution is -2.61. The summed E-state index contributed by atoms with van der Waals surface area (Å²) in [6.45, 7) is 2.20. The van der Waals surface area contributed by atoms with E-state index < -0.39 is 5.60 Å². The molecule has 96 valence electrons. The van der Waals surface area contributed by atoms with Crippen LogP contribution in [0.3, 0.4) is 0 Å². The van der Waals surface area contributed by atoms with Gasteiger partial charge in [0.25, 0.3) is 0 Å². The SMILES string of the molecule is CC[C@H]1[C@@H]2CCC[C@@H](C2=O)[C@@]2(O)CCCC[C@H]12. The third kappa shape index (κ3) is 1.53. The zero-order valence-corrected chi connectivity index (χ0v) is 10.8. The van der Waals surface area contributed by atoms with Gasteiger partial charge >= 0.3 is 0 Å². The lowest BCUT2D eigenvalue weighted by molar-refractivity contribution is -0.181. The monoisotopic (exact) mass is 236 g/mol. The Balaban J connectivity index is 2.00. The first-order valence-electron chi connectivity index (χ1n) is 7.44. The third-order valence-electron chi connectivity index (χ3n) is 5.81. The fourth-order valence-corrected chi connectivity index (χ4v) is 5.08. The summed E-state index contributed by atoms with van der Waals surface area (Å²) >= 11 is 0. The Morgan fingerprint density at radius 1 is 1.24 bits per heavy atom. The zero-order chi connectivity index (χ0) is 12.0. The fourth-order valence-electron chi connectivity index (χ4n) is 5.08. The number of carbonyl (C=O) groups excluding carboxylic acids is 1. The number of hydrogen-bond donors (Lipinski definition) is 1. The predicted molar refractivity (Wildman–Crippen MR) is 66.5 cm³/mol. The van der Waals surface area contributed by atoms with Crippen molar-refractivity contribution in [3.05, 3.63) is 0 Å². The molecular formula is C15H24O2. The van der Waals surface area contributed by atoms with Crippen LogP contribution in [0.4, 0.5) is 0 Å². The Kier molecular flexibility index (Phi) is 2.81. The van der Waals surface area contributed by atoms with Crippen molar-refractivity contribution in [3.63, 3.8) is 0 Å². The van der Waals surface area contributed by atoms with E-state index in [0.717, 1.165) is 44.9 Å². The highest BCUT2D eigenvalue weighted by Crippen LogP contribution is 2.55. The first-order chi connectivity index (χ1) is 8.18. The van der Waals surface area contributed by atoms with Gasteiger partial charge < -0.3 is 5.11 Å². The maximum Gasteiger partial charge on any atom is 0.142 e. The summed E-state index contributed by atoms with van der Waals surface area (Å²) < 4.78 is 0. The molecule has 3 rings (SSSR count). The van der Waals surface area contributed by atoms with E-state index in [0.29, 0.717) is 17.6 Å². The molecule has 3 saturated carbocycles. The smallest absolute Gasteiger partial charge is 0.142 e. The van der Waals surface area contributed by atoms with Gasteiger partial charge in [-0.2, -0.15) is 0 Å². The molecule has 2 bridgehead atoms. The van der Waals surface area contributed by atoms with Crippen molar-refractivity contribution in [2.24, 2.45) is 23.7 Å². The Hall–Kier alpha value is -0.370. The van der Waals surface area contributed by atoms with Crippen molar-refractivity contribution in [1.82, 2.24) is 0 Å². The van der Waals surface area contributed by atoms with Gasteiger partial charge in [0.1, 0.15) is 5.78 Å². The van der Waals surface area contributed by atoms with Gasteiger partial charge in [0.05, 0.1) is 5.60 Å². The van der Waals surface area contributed by atoms with Gasteiger partial charge in [-0.1, -0.05) is 32.6 Å². The van der Waals surface area contributed by atoms with Crippen LogP contribution >= 0.6 is 0 Å². The summed E-state index contributed by atoms with van der Waals surface area (Å²) in [5, 5.41) is 11.1. The highest BCUT2D eigenvalue weighted by Gasteiger charge is 2.58. The van der Waals surface area contributed by atoms with Gasteiger partial charge in [-0.05, 0) is 37.5 Å². The maximum atomic E-state index is 12.5. The molecule has 1 N–H and O–H groups in total. The number of rotatable bonds is 1. The number of carbonyl (C=O) groups is 1. The first-order valence-corrected chi connectivity index (χ1v) is 7.44. The molecule has 2 heteroatoms. The normalized spacial score (nSPS) is 49.9. The van der Waals surface area contributed by atoms with E-state index in [9.17, 15) is 9.90 Å². The van der Waals surface area contributed by atoms with Crippen molar-refractivity contribution in [2.75, 3.05) is 0 Å². The number of hydrogen-bond acceptors (Lipinski definition) is 2. The average molecular weight is 236 g/mol. The molecule has 3 aliphatic carbocycles. The summed E-state index contributed by atoms with van der Waals surface area (Å²) in [6.07, 6.45) is 8.61. The van der Waals surface area contributed by atoms with E-state index in [1.807, 2.05) is 0 Å². The molecular weight excluding hydrogens is 212 g/mol. The van der Waals surface area contributed by atoms with Crippen LogP contribution in [-0.4, -0.2) is 16.5 Å². The molecule has 0 radical (unpaired) electrons. The standard InChI is InChI=1S/C15H24O2/c1-2-10-11-6-5-8-13(14(11)16)15(17)9-4-3-7-12(10)15/h10-13,17H,2-9H2,1H3/t10-,11-,12+,13-,15+/m0/s1. The van der Waals surface area contributed by atoms with E-state index >= 15 is 0 Å². The number of fused-ring (bicyclic) bond motifs is 4. The molecule has 0 aromatic rings. The molecule has 0 aromatic carbocycles. The van der Waals surface area contributed by atoms with Crippen LogP contribution in [0.15, 0.2) is 0 Å². The highest BCUT2D eigenvalue weighted by atomic mass is 16.3. The number of Topliss-reactive ketones (excluding diaryl/α,β-unsaturated/α-hetero) is 1. The lowest BCUT2D eigenvalue weighted by Gasteiger charge is -2.56. The fraction of sp³-hybridized carbons (Fsp3) is 0.933. The molecule has 0 saturated heterocycles.